The zero-order valence-corrected chi connectivity index (χ0v) is 11.2. The summed E-state index contributed by atoms with van der Waals surface area (Å²) in [6.07, 6.45) is 3.93. The maximum Gasteiger partial charge on any atom is 0.148 e. The molecule has 17 heavy (non-hydrogen) atoms. The molecule has 5 nitrogen and oxygen atoms in total. The van der Waals surface area contributed by atoms with Crippen molar-refractivity contribution in [3.63, 3.8) is 0 Å². The van der Waals surface area contributed by atoms with Crippen molar-refractivity contribution in [2.45, 2.75) is 26.9 Å². The minimum absolute atomic E-state index is 0. The third-order valence-electron chi connectivity index (χ3n) is 2.60. The molecule has 2 aromatic heterocycles. The molecule has 0 aromatic carbocycles. The van der Waals surface area contributed by atoms with E-state index in [4.69, 9.17) is 0 Å². The van der Waals surface area contributed by atoms with Crippen molar-refractivity contribution in [3.05, 3.63) is 29.7 Å². The Hall–Kier alpha value is -1.49. The molecule has 0 amide bonds. The number of nitrogens with zero attached hydrogens (tertiary/aromatic N) is 4. The van der Waals surface area contributed by atoms with Crippen LogP contribution in [-0.2, 0) is 20.1 Å². The van der Waals surface area contributed by atoms with Crippen LogP contribution >= 0.6 is 12.4 Å². The van der Waals surface area contributed by atoms with Gasteiger partial charge in [-0.15, -0.1) is 12.4 Å². The minimum Gasteiger partial charge on any atom is -0.364 e. The van der Waals surface area contributed by atoms with E-state index in [2.05, 4.69) is 22.4 Å². The second-order valence-corrected chi connectivity index (χ2v) is 3.85. The third kappa shape index (κ3) is 3.23. The molecule has 0 saturated heterocycles. The average Bonchev–Trinajstić information content (AvgIpc) is 2.84. The first kappa shape index (κ1) is 13.6. The van der Waals surface area contributed by atoms with Crippen LogP contribution in [0.5, 0.6) is 0 Å². The highest BCUT2D eigenvalue weighted by Gasteiger charge is 2.01. The minimum atomic E-state index is 0. The molecule has 1 N–H and O–H groups in total. The zero-order chi connectivity index (χ0) is 11.5. The molecule has 0 aliphatic heterocycles. The SMILES string of the molecule is CCn1cc(CNc2cc(C)n(C)n2)cn1.Cl. The molecule has 94 valence electrons. The van der Waals surface area contributed by atoms with E-state index in [9.17, 15) is 0 Å². The molecule has 0 fully saturated rings. The quantitative estimate of drug-likeness (QED) is 0.909. The maximum absolute atomic E-state index is 4.33. The molecule has 0 bridgehead atoms. The van der Waals surface area contributed by atoms with Gasteiger partial charge in [0.1, 0.15) is 5.82 Å². The van der Waals surface area contributed by atoms with Crippen molar-refractivity contribution in [1.82, 2.24) is 19.6 Å². The second kappa shape index (κ2) is 5.72. The highest BCUT2D eigenvalue weighted by atomic mass is 35.5. The molecule has 0 aliphatic rings. The van der Waals surface area contributed by atoms with E-state index in [0.29, 0.717) is 0 Å². The van der Waals surface area contributed by atoms with Crippen LogP contribution in [0.25, 0.3) is 0 Å². The van der Waals surface area contributed by atoms with E-state index in [1.165, 1.54) is 5.56 Å². The van der Waals surface area contributed by atoms with E-state index in [-0.39, 0.29) is 12.4 Å². The summed E-state index contributed by atoms with van der Waals surface area (Å²) < 4.78 is 3.78. The van der Waals surface area contributed by atoms with Crippen molar-refractivity contribution in [2.24, 2.45) is 7.05 Å². The van der Waals surface area contributed by atoms with Gasteiger partial charge in [0, 0.05) is 43.7 Å². The largest absolute Gasteiger partial charge is 0.364 e. The van der Waals surface area contributed by atoms with Gasteiger partial charge in [0.25, 0.3) is 0 Å². The Balaban J connectivity index is 0.00000144. The van der Waals surface area contributed by atoms with Gasteiger partial charge in [0.15, 0.2) is 0 Å². The Morgan fingerprint density at radius 3 is 2.71 bits per heavy atom. The standard InChI is InChI=1S/C11H17N5.ClH/c1-4-16-8-10(7-13-16)6-12-11-5-9(2)15(3)14-11;/h5,7-8H,4,6H2,1-3H3,(H,12,14);1H. The van der Waals surface area contributed by atoms with Crippen LogP contribution in [0.1, 0.15) is 18.2 Å². The van der Waals surface area contributed by atoms with Crippen molar-refractivity contribution >= 4 is 18.2 Å². The van der Waals surface area contributed by atoms with Crippen molar-refractivity contribution in [3.8, 4) is 0 Å². The average molecular weight is 256 g/mol. The number of rotatable bonds is 4. The fourth-order valence-electron chi connectivity index (χ4n) is 1.51. The van der Waals surface area contributed by atoms with Crippen molar-refractivity contribution < 1.29 is 0 Å². The summed E-state index contributed by atoms with van der Waals surface area (Å²) in [4.78, 5) is 0. The van der Waals surface area contributed by atoms with Gasteiger partial charge in [0.2, 0.25) is 0 Å². The van der Waals surface area contributed by atoms with Crippen LogP contribution in [0.4, 0.5) is 5.82 Å². The van der Waals surface area contributed by atoms with E-state index >= 15 is 0 Å². The first-order valence-electron chi connectivity index (χ1n) is 5.45. The van der Waals surface area contributed by atoms with Gasteiger partial charge in [-0.3, -0.25) is 9.36 Å². The van der Waals surface area contributed by atoms with Crippen LogP contribution < -0.4 is 5.32 Å². The highest BCUT2D eigenvalue weighted by molar-refractivity contribution is 5.85. The summed E-state index contributed by atoms with van der Waals surface area (Å²) >= 11 is 0. The Kier molecular flexibility index (Phi) is 4.57. The number of halogens is 1. The fraction of sp³-hybridized carbons (Fsp3) is 0.455. The van der Waals surface area contributed by atoms with E-state index in [1.807, 2.05) is 41.8 Å². The Labute approximate surface area is 107 Å². The predicted molar refractivity (Wildman–Crippen MR) is 70.4 cm³/mol. The maximum atomic E-state index is 4.33. The topological polar surface area (TPSA) is 47.7 Å². The molecule has 0 spiro atoms. The molecule has 0 aliphatic carbocycles. The van der Waals surface area contributed by atoms with Crippen LogP contribution in [0.2, 0.25) is 0 Å². The van der Waals surface area contributed by atoms with Gasteiger partial charge in [0.05, 0.1) is 6.20 Å². The van der Waals surface area contributed by atoms with Crippen LogP contribution in [0.15, 0.2) is 18.5 Å². The Morgan fingerprint density at radius 2 is 2.18 bits per heavy atom. The molecular formula is C11H18ClN5. The number of anilines is 1. The predicted octanol–water partition coefficient (Wildman–Crippen LogP) is 1.98. The second-order valence-electron chi connectivity index (χ2n) is 3.85. The number of aromatic nitrogens is 4. The number of hydrogen-bond acceptors (Lipinski definition) is 3. The van der Waals surface area contributed by atoms with Gasteiger partial charge in [-0.2, -0.15) is 10.2 Å². The first-order chi connectivity index (χ1) is 7.69. The third-order valence-corrected chi connectivity index (χ3v) is 2.60. The lowest BCUT2D eigenvalue weighted by molar-refractivity contribution is 0.659. The van der Waals surface area contributed by atoms with Crippen molar-refractivity contribution in [2.75, 3.05) is 5.32 Å². The summed E-state index contributed by atoms with van der Waals surface area (Å²) in [5.41, 5.74) is 2.32. The molecule has 0 radical (unpaired) electrons. The molecule has 0 saturated carbocycles. The lowest BCUT2D eigenvalue weighted by Gasteiger charge is -1.99. The van der Waals surface area contributed by atoms with Gasteiger partial charge in [-0.1, -0.05) is 0 Å². The lowest BCUT2D eigenvalue weighted by Crippen LogP contribution is -2.00. The van der Waals surface area contributed by atoms with Crippen LogP contribution in [0, 0.1) is 6.92 Å². The molecule has 2 rings (SSSR count). The Bertz CT molecular complexity index is 454. The molecule has 2 aromatic rings. The number of aryl methyl sites for hydroxylation is 3. The summed E-state index contributed by atoms with van der Waals surface area (Å²) in [6.45, 7) is 5.78. The highest BCUT2D eigenvalue weighted by Crippen LogP contribution is 2.08. The Morgan fingerprint density at radius 1 is 1.41 bits per heavy atom. The van der Waals surface area contributed by atoms with E-state index < -0.39 is 0 Å². The smallest absolute Gasteiger partial charge is 0.148 e. The van der Waals surface area contributed by atoms with Gasteiger partial charge in [-0.05, 0) is 13.8 Å². The van der Waals surface area contributed by atoms with E-state index in [1.54, 1.807) is 0 Å². The molecule has 6 heteroatoms. The summed E-state index contributed by atoms with van der Waals surface area (Å²) in [7, 11) is 1.94. The van der Waals surface area contributed by atoms with Crippen molar-refractivity contribution in [1.29, 1.82) is 0 Å². The fourth-order valence-corrected chi connectivity index (χ4v) is 1.51. The number of nitrogens with one attached hydrogen (secondary N) is 1. The van der Waals surface area contributed by atoms with Gasteiger partial charge >= 0.3 is 0 Å². The van der Waals surface area contributed by atoms with Crippen LogP contribution in [0.3, 0.4) is 0 Å². The number of hydrogen-bond donors (Lipinski definition) is 1. The summed E-state index contributed by atoms with van der Waals surface area (Å²) in [5.74, 6) is 0.907. The summed E-state index contributed by atoms with van der Waals surface area (Å²) in [5, 5.41) is 11.8. The first-order valence-corrected chi connectivity index (χ1v) is 5.45. The van der Waals surface area contributed by atoms with E-state index in [0.717, 1.165) is 24.6 Å². The molecule has 2 heterocycles. The molecule has 0 unspecified atom stereocenters. The van der Waals surface area contributed by atoms with Crippen LogP contribution in [-0.4, -0.2) is 19.6 Å². The molecular weight excluding hydrogens is 238 g/mol. The monoisotopic (exact) mass is 255 g/mol. The lowest BCUT2D eigenvalue weighted by atomic mass is 10.3. The zero-order valence-electron chi connectivity index (χ0n) is 10.3. The summed E-state index contributed by atoms with van der Waals surface area (Å²) in [6, 6.07) is 2.03. The van der Waals surface area contributed by atoms with Gasteiger partial charge in [-0.25, -0.2) is 0 Å². The molecule has 0 atom stereocenters. The van der Waals surface area contributed by atoms with Gasteiger partial charge < -0.3 is 5.32 Å². The normalized spacial score (nSPS) is 10.1.